The molecule has 3 atom stereocenters. The van der Waals surface area contributed by atoms with Crippen LogP contribution < -0.4 is 21.1 Å². The number of nitrogens with one attached hydrogen (secondary N) is 2. The van der Waals surface area contributed by atoms with Crippen molar-refractivity contribution in [2.75, 3.05) is 18.9 Å². The van der Waals surface area contributed by atoms with Crippen LogP contribution in [0.5, 0.6) is 5.75 Å². The van der Waals surface area contributed by atoms with Crippen LogP contribution in [0.4, 0.5) is 5.69 Å². The normalized spacial score (nSPS) is 25.9. The standard InChI is InChI=1S/C22H25N5O4/c1-22(20-29-9-10-30-20)19(28)18(16-11-15(24)7-8-17(16)31-22)27-21(26-13-23)25-12-14-5-3-2-4-6-14/h2-8,11,18-20,28H,9-10,12,24H2,1H3,(H2,25,26,27)/t18-,19-,22+/m0/s1. The van der Waals surface area contributed by atoms with E-state index in [1.807, 2.05) is 36.5 Å². The number of fused-ring (bicyclic) bond motifs is 1. The lowest BCUT2D eigenvalue weighted by atomic mass is 9.84. The smallest absolute Gasteiger partial charge is 0.205 e. The summed E-state index contributed by atoms with van der Waals surface area (Å²) in [5.41, 5.74) is 6.96. The molecular formula is C22H25N5O4. The van der Waals surface area contributed by atoms with Crippen molar-refractivity contribution >= 4 is 11.6 Å². The van der Waals surface area contributed by atoms with E-state index in [0.717, 1.165) is 5.56 Å². The van der Waals surface area contributed by atoms with Crippen molar-refractivity contribution < 1.29 is 19.3 Å². The highest BCUT2D eigenvalue weighted by atomic mass is 16.7. The molecule has 2 aromatic carbocycles. The van der Waals surface area contributed by atoms with Gasteiger partial charge < -0.3 is 30.4 Å². The average molecular weight is 423 g/mol. The second kappa shape index (κ2) is 8.81. The van der Waals surface area contributed by atoms with Crippen LogP contribution in [0, 0.1) is 11.5 Å². The summed E-state index contributed by atoms with van der Waals surface area (Å²) in [5.74, 6) is 0.763. The molecule has 0 aromatic heterocycles. The number of rotatable bonds is 4. The lowest BCUT2D eigenvalue weighted by Gasteiger charge is -2.46. The number of aliphatic imine (C=N–C) groups is 1. The first kappa shape index (κ1) is 20.9. The number of nitriles is 1. The van der Waals surface area contributed by atoms with Gasteiger partial charge >= 0.3 is 0 Å². The van der Waals surface area contributed by atoms with E-state index >= 15 is 0 Å². The number of guanidine groups is 1. The molecule has 5 N–H and O–H groups in total. The molecule has 1 saturated heterocycles. The van der Waals surface area contributed by atoms with Crippen LogP contribution in [0.3, 0.4) is 0 Å². The molecule has 2 aliphatic heterocycles. The van der Waals surface area contributed by atoms with Crippen LogP contribution in [0.1, 0.15) is 24.1 Å². The number of benzene rings is 2. The van der Waals surface area contributed by atoms with Crippen molar-refractivity contribution in [2.45, 2.75) is 37.5 Å². The lowest BCUT2D eigenvalue weighted by molar-refractivity contribution is -0.211. The lowest BCUT2D eigenvalue weighted by Crippen LogP contribution is -2.62. The predicted octanol–water partition coefficient (Wildman–Crippen LogP) is 1.41. The minimum absolute atomic E-state index is 0.223. The first-order valence-corrected chi connectivity index (χ1v) is 10.0. The fraction of sp³-hybridized carbons (Fsp3) is 0.364. The fourth-order valence-electron chi connectivity index (χ4n) is 3.81. The molecule has 1 fully saturated rings. The Hall–Kier alpha value is -3.32. The number of anilines is 1. The Morgan fingerprint density at radius 3 is 2.71 bits per heavy atom. The van der Waals surface area contributed by atoms with Gasteiger partial charge in [-0.3, -0.25) is 5.32 Å². The van der Waals surface area contributed by atoms with Gasteiger partial charge in [-0.2, -0.15) is 5.26 Å². The van der Waals surface area contributed by atoms with E-state index in [0.29, 0.717) is 36.8 Å². The third-order valence-electron chi connectivity index (χ3n) is 5.42. The number of aliphatic hydroxyl groups is 1. The van der Waals surface area contributed by atoms with Crippen molar-refractivity contribution in [3.8, 4) is 11.9 Å². The topological polar surface area (TPSA) is 134 Å². The molecule has 0 bridgehead atoms. The summed E-state index contributed by atoms with van der Waals surface area (Å²) in [6.07, 6.45) is 0.0547. The van der Waals surface area contributed by atoms with Crippen molar-refractivity contribution in [3.63, 3.8) is 0 Å². The zero-order valence-corrected chi connectivity index (χ0v) is 17.1. The van der Waals surface area contributed by atoms with Gasteiger partial charge in [0.1, 0.15) is 11.9 Å². The van der Waals surface area contributed by atoms with Crippen molar-refractivity contribution in [3.05, 3.63) is 59.7 Å². The summed E-state index contributed by atoms with van der Waals surface area (Å²) < 4.78 is 17.5. The Labute approximate surface area is 180 Å². The highest BCUT2D eigenvalue weighted by Gasteiger charge is 2.54. The van der Waals surface area contributed by atoms with Crippen LogP contribution in [-0.4, -0.2) is 42.3 Å². The number of hydrogen-bond donors (Lipinski definition) is 4. The molecule has 9 heteroatoms. The SMILES string of the molecule is C[C@@]1(C2OCCO2)Oc2ccc(N)cc2[C@H](NC(=NCc2ccccc2)NC#N)[C@@H]1O. The first-order chi connectivity index (χ1) is 15.0. The number of ether oxygens (including phenoxy) is 3. The number of hydrogen-bond acceptors (Lipinski definition) is 7. The molecule has 0 amide bonds. The summed E-state index contributed by atoms with van der Waals surface area (Å²) in [6, 6.07) is 14.2. The Morgan fingerprint density at radius 2 is 2.00 bits per heavy atom. The van der Waals surface area contributed by atoms with E-state index in [9.17, 15) is 10.4 Å². The van der Waals surface area contributed by atoms with Crippen LogP contribution in [0.25, 0.3) is 0 Å². The van der Waals surface area contributed by atoms with E-state index in [1.54, 1.807) is 25.1 Å². The molecule has 31 heavy (non-hydrogen) atoms. The maximum absolute atomic E-state index is 11.3. The molecular weight excluding hydrogens is 398 g/mol. The van der Waals surface area contributed by atoms with Gasteiger partial charge in [-0.1, -0.05) is 30.3 Å². The quantitative estimate of drug-likeness (QED) is 0.191. The fourth-order valence-corrected chi connectivity index (χ4v) is 3.81. The Morgan fingerprint density at radius 1 is 1.26 bits per heavy atom. The van der Waals surface area contributed by atoms with Gasteiger partial charge in [0, 0.05) is 11.3 Å². The van der Waals surface area contributed by atoms with E-state index in [2.05, 4.69) is 15.6 Å². The minimum atomic E-state index is -1.19. The molecule has 0 unspecified atom stereocenters. The highest BCUT2D eigenvalue weighted by Crippen LogP contribution is 2.43. The van der Waals surface area contributed by atoms with E-state index in [4.69, 9.17) is 19.9 Å². The van der Waals surface area contributed by atoms with Gasteiger partial charge in [-0.25, -0.2) is 4.99 Å². The molecule has 0 spiro atoms. The summed E-state index contributed by atoms with van der Waals surface area (Å²) in [4.78, 5) is 4.48. The van der Waals surface area contributed by atoms with Gasteiger partial charge in [0.05, 0.1) is 25.8 Å². The molecule has 2 heterocycles. The second-order valence-corrected chi connectivity index (χ2v) is 7.61. The third-order valence-corrected chi connectivity index (χ3v) is 5.42. The Balaban J connectivity index is 1.66. The molecule has 2 aromatic rings. The molecule has 9 nitrogen and oxygen atoms in total. The van der Waals surface area contributed by atoms with Gasteiger partial charge in [0.2, 0.25) is 5.96 Å². The van der Waals surface area contributed by atoms with Crippen LogP contribution in [0.15, 0.2) is 53.5 Å². The number of nitrogens with two attached hydrogens (primary N) is 1. The van der Waals surface area contributed by atoms with Gasteiger partial charge in [-0.05, 0) is 30.7 Å². The number of nitrogens with zero attached hydrogens (tertiary/aromatic N) is 2. The molecule has 2 aliphatic rings. The van der Waals surface area contributed by atoms with E-state index in [1.165, 1.54) is 0 Å². The van der Waals surface area contributed by atoms with Crippen LogP contribution in [-0.2, 0) is 16.0 Å². The summed E-state index contributed by atoms with van der Waals surface area (Å²) in [6.45, 7) is 2.93. The van der Waals surface area contributed by atoms with Crippen molar-refractivity contribution in [2.24, 2.45) is 4.99 Å². The summed E-state index contributed by atoms with van der Waals surface area (Å²) in [7, 11) is 0. The van der Waals surface area contributed by atoms with E-state index < -0.39 is 24.0 Å². The van der Waals surface area contributed by atoms with E-state index in [-0.39, 0.29) is 5.96 Å². The largest absolute Gasteiger partial charge is 0.479 e. The molecule has 4 rings (SSSR count). The van der Waals surface area contributed by atoms with Crippen LogP contribution in [0.2, 0.25) is 0 Å². The summed E-state index contributed by atoms with van der Waals surface area (Å²) in [5, 5.41) is 26.3. The zero-order chi connectivity index (χ0) is 21.8. The number of nitrogen functional groups attached to an aromatic ring is 1. The van der Waals surface area contributed by atoms with Gasteiger partial charge in [-0.15, -0.1) is 0 Å². The Kier molecular flexibility index (Phi) is 5.95. The maximum atomic E-state index is 11.3. The summed E-state index contributed by atoms with van der Waals surface area (Å²) >= 11 is 0. The maximum Gasteiger partial charge on any atom is 0.205 e. The van der Waals surface area contributed by atoms with Gasteiger partial charge in [0.25, 0.3) is 0 Å². The Bertz CT molecular complexity index is 987. The number of aliphatic hydroxyl groups excluding tert-OH is 1. The van der Waals surface area contributed by atoms with Crippen molar-refractivity contribution in [1.29, 1.82) is 5.26 Å². The molecule has 162 valence electrons. The van der Waals surface area contributed by atoms with Gasteiger partial charge in [0.15, 0.2) is 18.1 Å². The second-order valence-electron chi connectivity index (χ2n) is 7.61. The molecule has 0 radical (unpaired) electrons. The van der Waals surface area contributed by atoms with Crippen molar-refractivity contribution in [1.82, 2.24) is 10.6 Å². The van der Waals surface area contributed by atoms with Crippen LogP contribution >= 0.6 is 0 Å². The highest BCUT2D eigenvalue weighted by molar-refractivity contribution is 5.82. The average Bonchev–Trinajstić information content (AvgIpc) is 3.32. The zero-order valence-electron chi connectivity index (χ0n) is 17.1. The minimum Gasteiger partial charge on any atom is -0.479 e. The third kappa shape index (κ3) is 4.27. The molecule has 0 saturated carbocycles. The first-order valence-electron chi connectivity index (χ1n) is 10.0. The monoisotopic (exact) mass is 423 g/mol. The molecule has 0 aliphatic carbocycles. The predicted molar refractivity (Wildman–Crippen MR) is 114 cm³/mol.